The summed E-state index contributed by atoms with van der Waals surface area (Å²) in [4.78, 5) is 4.33. The predicted octanol–water partition coefficient (Wildman–Crippen LogP) is 2.26. The molecule has 0 atom stereocenters. The van der Waals surface area contributed by atoms with E-state index in [0.29, 0.717) is 5.92 Å². The summed E-state index contributed by atoms with van der Waals surface area (Å²) in [6.07, 6.45) is 6.33. The van der Waals surface area contributed by atoms with E-state index in [9.17, 15) is 0 Å². The van der Waals surface area contributed by atoms with Crippen LogP contribution >= 0.6 is 0 Å². The van der Waals surface area contributed by atoms with Crippen molar-refractivity contribution in [3.8, 4) is 0 Å². The molecule has 0 unspecified atom stereocenters. The van der Waals surface area contributed by atoms with Crippen LogP contribution in [0.15, 0.2) is 6.33 Å². The largest absolute Gasteiger partial charge is 0.317 e. The Labute approximate surface area is 105 Å². The third-order valence-electron chi connectivity index (χ3n) is 2.66. The van der Waals surface area contributed by atoms with Crippen LogP contribution in [0, 0.1) is 5.92 Å². The van der Waals surface area contributed by atoms with Crippen LogP contribution < -0.4 is 5.32 Å². The molecule has 4 nitrogen and oxygen atoms in total. The van der Waals surface area contributed by atoms with E-state index in [2.05, 4.69) is 36.2 Å². The van der Waals surface area contributed by atoms with Gasteiger partial charge in [0.05, 0.1) is 0 Å². The molecule has 17 heavy (non-hydrogen) atoms. The third-order valence-corrected chi connectivity index (χ3v) is 2.66. The van der Waals surface area contributed by atoms with Crippen LogP contribution in [0.5, 0.6) is 0 Å². The predicted molar refractivity (Wildman–Crippen MR) is 71.0 cm³/mol. The van der Waals surface area contributed by atoms with Gasteiger partial charge in [-0.25, -0.2) is 9.67 Å². The topological polar surface area (TPSA) is 42.7 Å². The fraction of sp³-hybridized carbons (Fsp3) is 0.846. The van der Waals surface area contributed by atoms with Gasteiger partial charge in [0.2, 0.25) is 0 Å². The number of unbranched alkanes of at least 4 members (excludes halogenated alkanes) is 1. The molecule has 0 aliphatic rings. The van der Waals surface area contributed by atoms with Gasteiger partial charge in [0.1, 0.15) is 12.2 Å². The van der Waals surface area contributed by atoms with Gasteiger partial charge in [-0.05, 0) is 38.3 Å². The number of nitrogens with one attached hydrogen (secondary N) is 1. The maximum absolute atomic E-state index is 4.33. The van der Waals surface area contributed by atoms with Gasteiger partial charge in [-0.15, -0.1) is 0 Å². The summed E-state index contributed by atoms with van der Waals surface area (Å²) in [5, 5.41) is 7.69. The second-order valence-corrected chi connectivity index (χ2v) is 4.96. The summed E-state index contributed by atoms with van der Waals surface area (Å²) >= 11 is 0. The van der Waals surface area contributed by atoms with Crippen molar-refractivity contribution in [2.75, 3.05) is 13.1 Å². The van der Waals surface area contributed by atoms with Crippen molar-refractivity contribution < 1.29 is 0 Å². The van der Waals surface area contributed by atoms with Gasteiger partial charge < -0.3 is 5.32 Å². The van der Waals surface area contributed by atoms with Gasteiger partial charge in [-0.3, -0.25) is 0 Å². The molecule has 0 fully saturated rings. The van der Waals surface area contributed by atoms with E-state index in [1.165, 1.54) is 19.3 Å². The average molecular weight is 238 g/mol. The molecule has 0 amide bonds. The van der Waals surface area contributed by atoms with Crippen LogP contribution in [0.1, 0.15) is 45.9 Å². The Morgan fingerprint density at radius 3 is 2.82 bits per heavy atom. The first-order valence-corrected chi connectivity index (χ1v) is 6.81. The van der Waals surface area contributed by atoms with Crippen molar-refractivity contribution in [3.05, 3.63) is 12.2 Å². The smallest absolute Gasteiger partial charge is 0.138 e. The lowest BCUT2D eigenvalue weighted by Crippen LogP contribution is -2.16. The van der Waals surface area contributed by atoms with Gasteiger partial charge in [0.25, 0.3) is 0 Å². The van der Waals surface area contributed by atoms with E-state index in [-0.39, 0.29) is 0 Å². The highest BCUT2D eigenvalue weighted by atomic mass is 15.3. The van der Waals surface area contributed by atoms with Gasteiger partial charge in [-0.2, -0.15) is 5.10 Å². The van der Waals surface area contributed by atoms with Crippen LogP contribution in [0.3, 0.4) is 0 Å². The number of nitrogens with zero attached hydrogens (tertiary/aromatic N) is 3. The SMILES string of the molecule is CCCNCCCCc1ncnn1CC(C)C. The lowest BCUT2D eigenvalue weighted by Gasteiger charge is -2.08. The first kappa shape index (κ1) is 14.2. The van der Waals surface area contributed by atoms with E-state index < -0.39 is 0 Å². The van der Waals surface area contributed by atoms with Crippen LogP contribution in [-0.4, -0.2) is 27.9 Å². The second-order valence-electron chi connectivity index (χ2n) is 4.96. The summed E-state index contributed by atoms with van der Waals surface area (Å²) in [5.41, 5.74) is 0. The fourth-order valence-electron chi connectivity index (χ4n) is 1.81. The zero-order valence-electron chi connectivity index (χ0n) is 11.4. The monoisotopic (exact) mass is 238 g/mol. The van der Waals surface area contributed by atoms with E-state index in [0.717, 1.165) is 31.9 Å². The lowest BCUT2D eigenvalue weighted by molar-refractivity contribution is 0.461. The number of hydrogen-bond acceptors (Lipinski definition) is 3. The standard InChI is InChI=1S/C13H26N4/c1-4-8-14-9-6-5-7-13-15-11-16-17(13)10-12(2)3/h11-12,14H,4-10H2,1-3H3. The summed E-state index contributed by atoms with van der Waals surface area (Å²) < 4.78 is 2.05. The summed E-state index contributed by atoms with van der Waals surface area (Å²) in [6.45, 7) is 9.83. The van der Waals surface area contributed by atoms with Crippen molar-refractivity contribution >= 4 is 0 Å². The maximum atomic E-state index is 4.33. The fourth-order valence-corrected chi connectivity index (χ4v) is 1.81. The van der Waals surface area contributed by atoms with Gasteiger partial charge in [0, 0.05) is 13.0 Å². The van der Waals surface area contributed by atoms with Crippen molar-refractivity contribution in [2.24, 2.45) is 5.92 Å². The number of aromatic nitrogens is 3. The molecule has 0 aromatic carbocycles. The van der Waals surface area contributed by atoms with Gasteiger partial charge in [0.15, 0.2) is 0 Å². The highest BCUT2D eigenvalue weighted by molar-refractivity contribution is 4.84. The summed E-state index contributed by atoms with van der Waals surface area (Å²) in [5.74, 6) is 1.76. The molecule has 1 heterocycles. The van der Waals surface area contributed by atoms with Crippen LogP contribution in [0.4, 0.5) is 0 Å². The Morgan fingerprint density at radius 1 is 1.29 bits per heavy atom. The minimum atomic E-state index is 0.627. The highest BCUT2D eigenvalue weighted by Crippen LogP contribution is 2.04. The normalized spacial score (nSPS) is 11.3. The zero-order chi connectivity index (χ0) is 12.5. The van der Waals surface area contributed by atoms with Crippen molar-refractivity contribution in [1.29, 1.82) is 0 Å². The summed E-state index contributed by atoms with van der Waals surface area (Å²) in [6, 6.07) is 0. The summed E-state index contributed by atoms with van der Waals surface area (Å²) in [7, 11) is 0. The number of aryl methyl sites for hydroxylation is 1. The Bertz CT molecular complexity index is 293. The van der Waals surface area contributed by atoms with Crippen LogP contribution in [-0.2, 0) is 13.0 Å². The van der Waals surface area contributed by atoms with Crippen molar-refractivity contribution in [1.82, 2.24) is 20.1 Å². The first-order chi connectivity index (χ1) is 8.24. The Morgan fingerprint density at radius 2 is 2.12 bits per heavy atom. The minimum Gasteiger partial charge on any atom is -0.317 e. The third kappa shape index (κ3) is 5.82. The molecule has 0 radical (unpaired) electrons. The molecular weight excluding hydrogens is 212 g/mol. The molecule has 0 aliphatic heterocycles. The molecule has 0 spiro atoms. The van der Waals surface area contributed by atoms with Gasteiger partial charge >= 0.3 is 0 Å². The Hall–Kier alpha value is -0.900. The molecule has 98 valence electrons. The van der Waals surface area contributed by atoms with Crippen molar-refractivity contribution in [3.63, 3.8) is 0 Å². The number of hydrogen-bond donors (Lipinski definition) is 1. The molecule has 1 aromatic heterocycles. The van der Waals surface area contributed by atoms with E-state index in [1.807, 2.05) is 4.68 Å². The molecule has 1 rings (SSSR count). The quantitative estimate of drug-likeness (QED) is 0.671. The van der Waals surface area contributed by atoms with E-state index in [4.69, 9.17) is 0 Å². The first-order valence-electron chi connectivity index (χ1n) is 6.81. The molecule has 1 aromatic rings. The van der Waals surface area contributed by atoms with Crippen molar-refractivity contribution in [2.45, 2.75) is 53.0 Å². The maximum Gasteiger partial charge on any atom is 0.138 e. The Kier molecular flexibility index (Phi) is 6.86. The molecule has 0 saturated carbocycles. The molecular formula is C13H26N4. The van der Waals surface area contributed by atoms with Gasteiger partial charge in [-0.1, -0.05) is 20.8 Å². The Balaban J connectivity index is 2.20. The molecule has 0 bridgehead atoms. The average Bonchev–Trinajstić information content (AvgIpc) is 2.70. The molecule has 1 N–H and O–H groups in total. The van der Waals surface area contributed by atoms with E-state index in [1.54, 1.807) is 6.33 Å². The van der Waals surface area contributed by atoms with Crippen LogP contribution in [0.2, 0.25) is 0 Å². The zero-order valence-corrected chi connectivity index (χ0v) is 11.4. The second kappa shape index (κ2) is 8.23. The highest BCUT2D eigenvalue weighted by Gasteiger charge is 2.05. The minimum absolute atomic E-state index is 0.627. The molecule has 0 saturated heterocycles. The lowest BCUT2D eigenvalue weighted by atomic mass is 10.2. The number of rotatable bonds is 9. The van der Waals surface area contributed by atoms with E-state index >= 15 is 0 Å². The molecule has 4 heteroatoms. The molecule has 0 aliphatic carbocycles. The van der Waals surface area contributed by atoms with Crippen LogP contribution in [0.25, 0.3) is 0 Å².